The standard InChI is InChI=1S/C17H18N2O4/c1-2-22-9-10-23-17(21)13-5-3-7-15(11-13)19-16(20)14-6-4-8-18-12-14/h3-8,11-12H,2,9-10H2,1H3,(H,19,20). The number of anilines is 1. The first-order valence-electron chi connectivity index (χ1n) is 7.27. The van der Waals surface area contributed by atoms with Crippen LogP contribution < -0.4 is 5.32 Å². The first-order chi connectivity index (χ1) is 11.2. The van der Waals surface area contributed by atoms with Gasteiger partial charge in [-0.15, -0.1) is 0 Å². The lowest BCUT2D eigenvalue weighted by Gasteiger charge is -2.08. The number of nitrogens with zero attached hydrogens (tertiary/aromatic N) is 1. The van der Waals surface area contributed by atoms with Crippen LogP contribution in [0.25, 0.3) is 0 Å². The Balaban J connectivity index is 1.96. The van der Waals surface area contributed by atoms with Crippen molar-refractivity contribution in [2.24, 2.45) is 0 Å². The molecule has 0 radical (unpaired) electrons. The van der Waals surface area contributed by atoms with E-state index in [1.54, 1.807) is 42.6 Å². The van der Waals surface area contributed by atoms with Crippen molar-refractivity contribution in [1.29, 1.82) is 0 Å². The van der Waals surface area contributed by atoms with E-state index in [-0.39, 0.29) is 12.5 Å². The molecule has 1 heterocycles. The number of hydrogen-bond acceptors (Lipinski definition) is 5. The zero-order valence-electron chi connectivity index (χ0n) is 12.8. The number of benzene rings is 1. The molecule has 0 fully saturated rings. The lowest BCUT2D eigenvalue weighted by atomic mass is 10.2. The van der Waals surface area contributed by atoms with Crippen molar-refractivity contribution in [2.45, 2.75) is 6.92 Å². The minimum absolute atomic E-state index is 0.193. The fourth-order valence-electron chi connectivity index (χ4n) is 1.85. The van der Waals surface area contributed by atoms with Gasteiger partial charge < -0.3 is 14.8 Å². The maximum absolute atomic E-state index is 12.1. The Labute approximate surface area is 134 Å². The number of pyridine rings is 1. The molecular formula is C17H18N2O4. The van der Waals surface area contributed by atoms with Gasteiger partial charge in [0, 0.05) is 24.7 Å². The lowest BCUT2D eigenvalue weighted by molar-refractivity contribution is 0.0335. The zero-order chi connectivity index (χ0) is 16.5. The number of aromatic nitrogens is 1. The summed E-state index contributed by atoms with van der Waals surface area (Å²) in [6.45, 7) is 3.00. The summed E-state index contributed by atoms with van der Waals surface area (Å²) in [5.41, 5.74) is 1.32. The minimum atomic E-state index is -0.456. The van der Waals surface area contributed by atoms with Crippen LogP contribution >= 0.6 is 0 Å². The lowest BCUT2D eigenvalue weighted by Crippen LogP contribution is -2.14. The summed E-state index contributed by atoms with van der Waals surface area (Å²) in [4.78, 5) is 27.9. The summed E-state index contributed by atoms with van der Waals surface area (Å²) < 4.78 is 10.2. The van der Waals surface area contributed by atoms with Gasteiger partial charge in [-0.3, -0.25) is 9.78 Å². The Hall–Kier alpha value is -2.73. The molecule has 0 saturated heterocycles. The van der Waals surface area contributed by atoms with Crippen molar-refractivity contribution < 1.29 is 19.1 Å². The van der Waals surface area contributed by atoms with E-state index in [0.717, 1.165) is 0 Å². The maximum Gasteiger partial charge on any atom is 0.338 e. The fourth-order valence-corrected chi connectivity index (χ4v) is 1.85. The first-order valence-corrected chi connectivity index (χ1v) is 7.27. The predicted octanol–water partition coefficient (Wildman–Crippen LogP) is 2.53. The molecule has 0 aliphatic carbocycles. The molecule has 6 heteroatoms. The van der Waals surface area contributed by atoms with Crippen LogP contribution in [0, 0.1) is 0 Å². The average Bonchev–Trinajstić information content (AvgIpc) is 2.59. The molecule has 0 atom stereocenters. The normalized spacial score (nSPS) is 10.1. The van der Waals surface area contributed by atoms with E-state index in [1.807, 2.05) is 6.92 Å². The van der Waals surface area contributed by atoms with Crippen LogP contribution in [0.5, 0.6) is 0 Å². The summed E-state index contributed by atoms with van der Waals surface area (Å²) >= 11 is 0. The predicted molar refractivity (Wildman–Crippen MR) is 85.4 cm³/mol. The van der Waals surface area contributed by atoms with Crippen LogP contribution in [0.15, 0.2) is 48.8 Å². The molecule has 0 unspecified atom stereocenters. The van der Waals surface area contributed by atoms with E-state index in [2.05, 4.69) is 10.3 Å². The molecule has 120 valence electrons. The number of amides is 1. The Morgan fingerprint density at radius 1 is 1.13 bits per heavy atom. The van der Waals surface area contributed by atoms with Gasteiger partial charge in [-0.05, 0) is 37.3 Å². The number of ether oxygens (including phenoxy) is 2. The van der Waals surface area contributed by atoms with Crippen LogP contribution in [0.4, 0.5) is 5.69 Å². The SMILES string of the molecule is CCOCCOC(=O)c1cccc(NC(=O)c2cccnc2)c1. The molecule has 0 saturated carbocycles. The van der Waals surface area contributed by atoms with Gasteiger partial charge in [0.2, 0.25) is 0 Å². The topological polar surface area (TPSA) is 77.5 Å². The van der Waals surface area contributed by atoms with Crippen molar-refractivity contribution in [2.75, 3.05) is 25.1 Å². The third-order valence-electron chi connectivity index (χ3n) is 2.94. The first kappa shape index (κ1) is 16.6. The summed E-state index contributed by atoms with van der Waals surface area (Å²) in [5, 5.41) is 2.72. The second-order valence-corrected chi connectivity index (χ2v) is 4.61. The van der Waals surface area contributed by atoms with Crippen LogP contribution in [0.1, 0.15) is 27.6 Å². The van der Waals surface area contributed by atoms with E-state index >= 15 is 0 Å². The highest BCUT2D eigenvalue weighted by molar-refractivity contribution is 6.04. The van der Waals surface area contributed by atoms with Gasteiger partial charge in [-0.1, -0.05) is 6.07 Å². The molecule has 1 aromatic carbocycles. The molecule has 1 N–H and O–H groups in total. The van der Waals surface area contributed by atoms with Crippen molar-refractivity contribution in [3.63, 3.8) is 0 Å². The van der Waals surface area contributed by atoms with E-state index in [0.29, 0.717) is 30.0 Å². The Bertz CT molecular complexity index is 659. The van der Waals surface area contributed by atoms with Crippen molar-refractivity contribution in [3.05, 3.63) is 59.9 Å². The van der Waals surface area contributed by atoms with Crippen LogP contribution in [-0.4, -0.2) is 36.7 Å². The third kappa shape index (κ3) is 5.19. The molecule has 1 aromatic heterocycles. The smallest absolute Gasteiger partial charge is 0.338 e. The van der Waals surface area contributed by atoms with E-state index in [9.17, 15) is 9.59 Å². The number of nitrogens with one attached hydrogen (secondary N) is 1. The van der Waals surface area contributed by atoms with Gasteiger partial charge in [0.15, 0.2) is 0 Å². The Kier molecular flexibility index (Phi) is 6.26. The molecule has 23 heavy (non-hydrogen) atoms. The number of rotatable bonds is 7. The number of carbonyl (C=O) groups is 2. The highest BCUT2D eigenvalue weighted by atomic mass is 16.6. The van der Waals surface area contributed by atoms with Gasteiger partial charge in [0.1, 0.15) is 6.61 Å². The van der Waals surface area contributed by atoms with Crippen molar-refractivity contribution >= 4 is 17.6 Å². The number of carbonyl (C=O) groups excluding carboxylic acids is 2. The molecule has 0 aliphatic rings. The molecule has 0 spiro atoms. The van der Waals surface area contributed by atoms with Crippen LogP contribution in [-0.2, 0) is 9.47 Å². The van der Waals surface area contributed by atoms with E-state index in [4.69, 9.17) is 9.47 Å². The monoisotopic (exact) mass is 314 g/mol. The minimum Gasteiger partial charge on any atom is -0.460 e. The van der Waals surface area contributed by atoms with Gasteiger partial charge in [0.25, 0.3) is 5.91 Å². The molecule has 1 amide bonds. The van der Waals surface area contributed by atoms with Gasteiger partial charge in [0.05, 0.1) is 17.7 Å². The molecule has 0 aliphatic heterocycles. The van der Waals surface area contributed by atoms with E-state index in [1.165, 1.54) is 6.20 Å². The Morgan fingerprint density at radius 3 is 2.70 bits per heavy atom. The molecule has 0 bridgehead atoms. The van der Waals surface area contributed by atoms with Gasteiger partial charge >= 0.3 is 5.97 Å². The molecular weight excluding hydrogens is 296 g/mol. The second-order valence-electron chi connectivity index (χ2n) is 4.61. The molecule has 2 aromatic rings. The largest absolute Gasteiger partial charge is 0.460 e. The summed E-state index contributed by atoms with van der Waals surface area (Å²) in [7, 11) is 0. The summed E-state index contributed by atoms with van der Waals surface area (Å²) in [6.07, 6.45) is 3.07. The highest BCUT2D eigenvalue weighted by Crippen LogP contribution is 2.13. The van der Waals surface area contributed by atoms with Crippen LogP contribution in [0.2, 0.25) is 0 Å². The quantitative estimate of drug-likeness (QED) is 0.627. The average molecular weight is 314 g/mol. The van der Waals surface area contributed by atoms with Gasteiger partial charge in [-0.2, -0.15) is 0 Å². The van der Waals surface area contributed by atoms with Crippen molar-refractivity contribution in [3.8, 4) is 0 Å². The number of hydrogen-bond donors (Lipinski definition) is 1. The van der Waals surface area contributed by atoms with E-state index < -0.39 is 5.97 Å². The van der Waals surface area contributed by atoms with Crippen molar-refractivity contribution in [1.82, 2.24) is 4.98 Å². The zero-order valence-corrected chi connectivity index (χ0v) is 12.8. The molecule has 6 nitrogen and oxygen atoms in total. The summed E-state index contributed by atoms with van der Waals surface area (Å²) in [6, 6.07) is 9.92. The fraction of sp³-hybridized carbons (Fsp3) is 0.235. The summed E-state index contributed by atoms with van der Waals surface area (Å²) in [5.74, 6) is -0.748. The van der Waals surface area contributed by atoms with Gasteiger partial charge in [-0.25, -0.2) is 4.79 Å². The van der Waals surface area contributed by atoms with Crippen LogP contribution in [0.3, 0.4) is 0 Å². The second kappa shape index (κ2) is 8.65. The highest BCUT2D eigenvalue weighted by Gasteiger charge is 2.10. The Morgan fingerprint density at radius 2 is 1.96 bits per heavy atom. The maximum atomic E-state index is 12.1. The molecule has 2 rings (SSSR count). The number of esters is 1. The third-order valence-corrected chi connectivity index (χ3v) is 2.94.